The molecule has 0 bridgehead atoms. The van der Waals surface area contributed by atoms with E-state index in [1.165, 1.54) is 7.11 Å². The van der Waals surface area contributed by atoms with Crippen molar-refractivity contribution < 1.29 is 14.3 Å². The molecule has 2 heterocycles. The van der Waals surface area contributed by atoms with Crippen LogP contribution in [0, 0.1) is 0 Å². The fraction of sp³-hybridized carbons (Fsp3) is 0.571. The quantitative estimate of drug-likeness (QED) is 0.771. The first-order valence-corrected chi connectivity index (χ1v) is 6.52. The number of methoxy groups -OCH3 is 1. The van der Waals surface area contributed by atoms with E-state index < -0.39 is 0 Å². The molecule has 104 valence electrons. The Morgan fingerprint density at radius 1 is 1.47 bits per heavy atom. The highest BCUT2D eigenvalue weighted by atomic mass is 16.5. The van der Waals surface area contributed by atoms with Crippen LogP contribution in [0.15, 0.2) is 18.3 Å². The standard InChI is InChI=1S/C14H20N2O3/c1-16(13-5-7-19-8-6-13)10-12-4-3-11(9-15-12)14(17)18-2/h3-4,9,13H,5-8,10H2,1-2H3. The van der Waals surface area contributed by atoms with Gasteiger partial charge in [0, 0.05) is 32.0 Å². The molecule has 2 rings (SSSR count). The molecule has 0 N–H and O–H groups in total. The number of esters is 1. The molecule has 0 unspecified atom stereocenters. The van der Waals surface area contributed by atoms with Gasteiger partial charge in [0.15, 0.2) is 0 Å². The number of carbonyl (C=O) groups excluding carboxylic acids is 1. The second-order valence-electron chi connectivity index (χ2n) is 4.79. The minimum absolute atomic E-state index is 0.350. The number of rotatable bonds is 4. The van der Waals surface area contributed by atoms with Gasteiger partial charge in [-0.2, -0.15) is 0 Å². The molecule has 5 heteroatoms. The monoisotopic (exact) mass is 264 g/mol. The summed E-state index contributed by atoms with van der Waals surface area (Å²) in [6.07, 6.45) is 3.70. The van der Waals surface area contributed by atoms with Gasteiger partial charge in [0.1, 0.15) is 0 Å². The van der Waals surface area contributed by atoms with Crippen LogP contribution in [0.1, 0.15) is 28.9 Å². The molecule has 1 aromatic rings. The van der Waals surface area contributed by atoms with Crippen molar-refractivity contribution in [1.29, 1.82) is 0 Å². The van der Waals surface area contributed by atoms with Gasteiger partial charge in [-0.05, 0) is 32.0 Å². The third-order valence-corrected chi connectivity index (χ3v) is 3.47. The van der Waals surface area contributed by atoms with E-state index >= 15 is 0 Å². The summed E-state index contributed by atoms with van der Waals surface area (Å²) in [6, 6.07) is 4.18. The number of hydrogen-bond donors (Lipinski definition) is 0. The summed E-state index contributed by atoms with van der Waals surface area (Å²) in [6.45, 7) is 2.46. The fourth-order valence-electron chi connectivity index (χ4n) is 2.27. The maximum atomic E-state index is 11.3. The van der Waals surface area contributed by atoms with Crippen molar-refractivity contribution in [1.82, 2.24) is 9.88 Å². The molecule has 1 saturated heterocycles. The van der Waals surface area contributed by atoms with Crippen molar-refractivity contribution in [3.8, 4) is 0 Å². The van der Waals surface area contributed by atoms with Crippen LogP contribution in [0.4, 0.5) is 0 Å². The zero-order chi connectivity index (χ0) is 13.7. The molecule has 0 radical (unpaired) electrons. The summed E-state index contributed by atoms with van der Waals surface area (Å²) < 4.78 is 10.0. The number of ether oxygens (including phenoxy) is 2. The Bertz CT molecular complexity index is 413. The van der Waals surface area contributed by atoms with Gasteiger partial charge >= 0.3 is 5.97 Å². The van der Waals surface area contributed by atoms with Crippen LogP contribution in [0.3, 0.4) is 0 Å². The van der Waals surface area contributed by atoms with Crippen molar-refractivity contribution in [2.24, 2.45) is 0 Å². The molecule has 0 amide bonds. The van der Waals surface area contributed by atoms with Crippen molar-refractivity contribution in [3.63, 3.8) is 0 Å². The first-order valence-electron chi connectivity index (χ1n) is 6.52. The van der Waals surface area contributed by atoms with Gasteiger partial charge in [-0.25, -0.2) is 4.79 Å². The van der Waals surface area contributed by atoms with Gasteiger partial charge in [0.05, 0.1) is 18.4 Å². The van der Waals surface area contributed by atoms with Crippen LogP contribution in [-0.2, 0) is 16.0 Å². The minimum Gasteiger partial charge on any atom is -0.465 e. The molecule has 1 aliphatic heterocycles. The third-order valence-electron chi connectivity index (χ3n) is 3.47. The molecule has 0 aliphatic carbocycles. The topological polar surface area (TPSA) is 51.7 Å². The second-order valence-corrected chi connectivity index (χ2v) is 4.79. The summed E-state index contributed by atoms with van der Waals surface area (Å²) in [4.78, 5) is 17.9. The molecule has 0 saturated carbocycles. The molecular weight excluding hydrogens is 244 g/mol. The Kier molecular flexibility index (Phi) is 4.87. The Labute approximate surface area is 113 Å². The molecule has 1 fully saturated rings. The lowest BCUT2D eigenvalue weighted by Gasteiger charge is -2.30. The van der Waals surface area contributed by atoms with E-state index in [-0.39, 0.29) is 5.97 Å². The average molecular weight is 264 g/mol. The summed E-state index contributed by atoms with van der Waals surface area (Å²) in [5.74, 6) is -0.350. The maximum absolute atomic E-state index is 11.3. The van der Waals surface area contributed by atoms with E-state index in [4.69, 9.17) is 4.74 Å². The summed E-state index contributed by atoms with van der Waals surface area (Å²) >= 11 is 0. The molecular formula is C14H20N2O3. The second kappa shape index (κ2) is 6.63. The third kappa shape index (κ3) is 3.75. The van der Waals surface area contributed by atoms with Gasteiger partial charge in [-0.15, -0.1) is 0 Å². The number of pyridine rings is 1. The fourth-order valence-corrected chi connectivity index (χ4v) is 2.27. The molecule has 0 aromatic carbocycles. The summed E-state index contributed by atoms with van der Waals surface area (Å²) in [5.41, 5.74) is 1.45. The Morgan fingerprint density at radius 2 is 2.21 bits per heavy atom. The van der Waals surface area contributed by atoms with Crippen LogP contribution in [0.5, 0.6) is 0 Å². The highest BCUT2D eigenvalue weighted by molar-refractivity contribution is 5.88. The van der Waals surface area contributed by atoms with E-state index in [1.54, 1.807) is 12.3 Å². The Hall–Kier alpha value is -1.46. The first-order chi connectivity index (χ1) is 9.20. The SMILES string of the molecule is COC(=O)c1ccc(CN(C)C2CCOCC2)nc1. The van der Waals surface area contributed by atoms with Crippen molar-refractivity contribution in [2.45, 2.75) is 25.4 Å². The number of hydrogen-bond acceptors (Lipinski definition) is 5. The average Bonchev–Trinajstić information content (AvgIpc) is 2.48. The van der Waals surface area contributed by atoms with Crippen LogP contribution in [0.25, 0.3) is 0 Å². The van der Waals surface area contributed by atoms with E-state index in [0.717, 1.165) is 38.3 Å². The predicted molar refractivity (Wildman–Crippen MR) is 70.9 cm³/mol. The van der Waals surface area contributed by atoms with Crippen molar-refractivity contribution in [2.75, 3.05) is 27.4 Å². The van der Waals surface area contributed by atoms with E-state index in [2.05, 4.69) is 21.7 Å². The number of nitrogens with zero attached hydrogens (tertiary/aromatic N) is 2. The van der Waals surface area contributed by atoms with E-state index in [1.807, 2.05) is 6.07 Å². The number of carbonyl (C=O) groups is 1. The van der Waals surface area contributed by atoms with Crippen LogP contribution >= 0.6 is 0 Å². The van der Waals surface area contributed by atoms with E-state index in [0.29, 0.717) is 11.6 Å². The van der Waals surface area contributed by atoms with Crippen LogP contribution < -0.4 is 0 Å². The summed E-state index contributed by atoms with van der Waals surface area (Å²) in [5, 5.41) is 0. The molecule has 1 aliphatic rings. The van der Waals surface area contributed by atoms with Gasteiger partial charge in [-0.3, -0.25) is 9.88 Å². The van der Waals surface area contributed by atoms with E-state index in [9.17, 15) is 4.79 Å². The largest absolute Gasteiger partial charge is 0.465 e. The predicted octanol–water partition coefficient (Wildman–Crippen LogP) is 1.48. The normalized spacial score (nSPS) is 16.6. The summed E-state index contributed by atoms with van der Waals surface area (Å²) in [7, 11) is 3.47. The van der Waals surface area contributed by atoms with Gasteiger partial charge in [-0.1, -0.05) is 0 Å². The van der Waals surface area contributed by atoms with Crippen molar-refractivity contribution >= 4 is 5.97 Å². The van der Waals surface area contributed by atoms with Crippen LogP contribution in [0.2, 0.25) is 0 Å². The lowest BCUT2D eigenvalue weighted by molar-refractivity contribution is 0.0403. The minimum atomic E-state index is -0.350. The lowest BCUT2D eigenvalue weighted by atomic mass is 10.1. The van der Waals surface area contributed by atoms with Gasteiger partial charge < -0.3 is 9.47 Å². The smallest absolute Gasteiger partial charge is 0.339 e. The molecule has 0 spiro atoms. The maximum Gasteiger partial charge on any atom is 0.339 e. The van der Waals surface area contributed by atoms with Crippen LogP contribution in [-0.4, -0.2) is 49.3 Å². The molecule has 1 aromatic heterocycles. The first kappa shape index (κ1) is 14.0. The van der Waals surface area contributed by atoms with Crippen molar-refractivity contribution in [3.05, 3.63) is 29.6 Å². The zero-order valence-corrected chi connectivity index (χ0v) is 11.5. The number of aromatic nitrogens is 1. The molecule has 5 nitrogen and oxygen atoms in total. The lowest BCUT2D eigenvalue weighted by Crippen LogP contribution is -2.36. The van der Waals surface area contributed by atoms with Gasteiger partial charge in [0.2, 0.25) is 0 Å². The van der Waals surface area contributed by atoms with Gasteiger partial charge in [0.25, 0.3) is 0 Å². The Morgan fingerprint density at radius 3 is 2.79 bits per heavy atom. The highest BCUT2D eigenvalue weighted by Gasteiger charge is 2.18. The molecule has 0 atom stereocenters. The molecule has 19 heavy (non-hydrogen) atoms. The Balaban J connectivity index is 1.93. The zero-order valence-electron chi connectivity index (χ0n) is 11.5. The highest BCUT2D eigenvalue weighted by Crippen LogP contribution is 2.15.